The third-order valence-electron chi connectivity index (χ3n) is 3.69. The first-order chi connectivity index (χ1) is 8.92. The highest BCUT2D eigenvalue weighted by atomic mass is 32.2. The van der Waals surface area contributed by atoms with Crippen LogP contribution in [0, 0.1) is 0 Å². The van der Waals surface area contributed by atoms with Crippen LogP contribution in [0.2, 0.25) is 0 Å². The molecule has 0 bridgehead atoms. The molecule has 0 aromatic carbocycles. The quantitative estimate of drug-likeness (QED) is 0.716. The molecule has 0 aromatic rings. The van der Waals surface area contributed by atoms with E-state index in [0.29, 0.717) is 12.6 Å². The summed E-state index contributed by atoms with van der Waals surface area (Å²) in [6.45, 7) is 2.56. The van der Waals surface area contributed by atoms with Gasteiger partial charge in [-0.25, -0.2) is 12.7 Å². The summed E-state index contributed by atoms with van der Waals surface area (Å²) >= 11 is 0. The molecule has 114 valence electrons. The molecule has 0 aliphatic carbocycles. The molecule has 1 saturated heterocycles. The van der Waals surface area contributed by atoms with E-state index in [9.17, 15) is 8.42 Å². The number of nitrogens with one attached hydrogen (secondary N) is 1. The molecular weight excluding hydrogens is 262 g/mol. The molecule has 5 nitrogen and oxygen atoms in total. The van der Waals surface area contributed by atoms with E-state index >= 15 is 0 Å². The SMILES string of the molecule is CN(C)CCCN(C)S(=O)(=O)CCC1CCCCN1. The van der Waals surface area contributed by atoms with Crippen LogP contribution in [0.4, 0.5) is 0 Å². The highest BCUT2D eigenvalue weighted by Gasteiger charge is 2.20. The van der Waals surface area contributed by atoms with Gasteiger partial charge in [0.15, 0.2) is 0 Å². The van der Waals surface area contributed by atoms with Crippen molar-refractivity contribution in [2.24, 2.45) is 0 Å². The van der Waals surface area contributed by atoms with Gasteiger partial charge in [0.25, 0.3) is 0 Å². The summed E-state index contributed by atoms with van der Waals surface area (Å²) in [5.41, 5.74) is 0. The van der Waals surface area contributed by atoms with Gasteiger partial charge >= 0.3 is 0 Å². The summed E-state index contributed by atoms with van der Waals surface area (Å²) in [4.78, 5) is 2.08. The van der Waals surface area contributed by atoms with Gasteiger partial charge < -0.3 is 10.2 Å². The fraction of sp³-hybridized carbons (Fsp3) is 1.00. The van der Waals surface area contributed by atoms with E-state index in [2.05, 4.69) is 10.2 Å². The average Bonchev–Trinajstić information content (AvgIpc) is 2.37. The highest BCUT2D eigenvalue weighted by Crippen LogP contribution is 2.12. The van der Waals surface area contributed by atoms with Gasteiger partial charge in [-0.3, -0.25) is 0 Å². The van der Waals surface area contributed by atoms with Crippen molar-refractivity contribution in [2.75, 3.05) is 46.5 Å². The number of hydrogen-bond donors (Lipinski definition) is 1. The standard InChI is InChI=1S/C13H29N3O2S/c1-15(2)10-6-11-16(3)19(17,18)12-8-13-7-4-5-9-14-13/h13-14H,4-12H2,1-3H3. The molecule has 19 heavy (non-hydrogen) atoms. The van der Waals surface area contributed by atoms with Crippen molar-refractivity contribution in [1.82, 2.24) is 14.5 Å². The molecule has 0 saturated carbocycles. The first-order valence-corrected chi connectivity index (χ1v) is 8.85. The fourth-order valence-corrected chi connectivity index (χ4v) is 3.67. The predicted molar refractivity (Wildman–Crippen MR) is 79.8 cm³/mol. The lowest BCUT2D eigenvalue weighted by molar-refractivity contribution is 0.366. The smallest absolute Gasteiger partial charge is 0.213 e. The topological polar surface area (TPSA) is 52.7 Å². The lowest BCUT2D eigenvalue weighted by atomic mass is 10.0. The Morgan fingerprint density at radius 1 is 1.16 bits per heavy atom. The summed E-state index contributed by atoms with van der Waals surface area (Å²) in [6, 6.07) is 0.388. The third kappa shape index (κ3) is 6.70. The number of nitrogens with zero attached hydrogens (tertiary/aromatic N) is 2. The van der Waals surface area contributed by atoms with Crippen molar-refractivity contribution in [2.45, 2.75) is 38.1 Å². The summed E-state index contributed by atoms with van der Waals surface area (Å²) in [5, 5.41) is 3.40. The Morgan fingerprint density at radius 2 is 1.89 bits per heavy atom. The van der Waals surface area contributed by atoms with E-state index in [0.717, 1.165) is 32.4 Å². The third-order valence-corrected chi connectivity index (χ3v) is 5.57. The van der Waals surface area contributed by atoms with Crippen LogP contribution in [-0.2, 0) is 10.0 Å². The second-order valence-corrected chi connectivity index (χ2v) is 7.93. The first kappa shape index (κ1) is 16.9. The van der Waals surface area contributed by atoms with Crippen molar-refractivity contribution in [3.8, 4) is 0 Å². The molecule has 0 radical (unpaired) electrons. The van der Waals surface area contributed by atoms with Crippen molar-refractivity contribution >= 4 is 10.0 Å². The van der Waals surface area contributed by atoms with Gasteiger partial charge in [-0.2, -0.15) is 0 Å². The highest BCUT2D eigenvalue weighted by molar-refractivity contribution is 7.89. The Labute approximate surface area is 118 Å². The van der Waals surface area contributed by atoms with E-state index in [1.165, 1.54) is 17.1 Å². The molecule has 0 aromatic heterocycles. The maximum Gasteiger partial charge on any atom is 0.213 e. The zero-order chi connectivity index (χ0) is 14.3. The monoisotopic (exact) mass is 291 g/mol. The molecule has 0 spiro atoms. The van der Waals surface area contributed by atoms with Crippen LogP contribution in [0.3, 0.4) is 0 Å². The minimum Gasteiger partial charge on any atom is -0.314 e. The Hall–Kier alpha value is -0.170. The number of piperidine rings is 1. The summed E-state index contributed by atoms with van der Waals surface area (Å²) in [5.74, 6) is 0.267. The molecule has 1 unspecified atom stereocenters. The Morgan fingerprint density at radius 3 is 2.47 bits per heavy atom. The summed E-state index contributed by atoms with van der Waals surface area (Å²) < 4.78 is 25.8. The molecule has 1 atom stereocenters. The molecule has 1 aliphatic heterocycles. The fourth-order valence-electron chi connectivity index (χ4n) is 2.37. The lowest BCUT2D eigenvalue weighted by Gasteiger charge is -2.24. The minimum atomic E-state index is -3.08. The number of sulfonamides is 1. The van der Waals surface area contributed by atoms with Crippen LogP contribution in [0.5, 0.6) is 0 Å². The van der Waals surface area contributed by atoms with Crippen LogP contribution in [-0.4, -0.2) is 70.2 Å². The number of rotatable bonds is 8. The average molecular weight is 291 g/mol. The molecule has 0 amide bonds. The van der Waals surface area contributed by atoms with Crippen LogP contribution < -0.4 is 5.32 Å². The van der Waals surface area contributed by atoms with E-state index in [1.54, 1.807) is 7.05 Å². The van der Waals surface area contributed by atoms with Crippen molar-refractivity contribution in [3.05, 3.63) is 0 Å². The molecule has 1 fully saturated rings. The first-order valence-electron chi connectivity index (χ1n) is 7.24. The molecule has 1 rings (SSSR count). The second-order valence-electron chi connectivity index (χ2n) is 5.73. The van der Waals surface area contributed by atoms with Gasteiger partial charge in [0.05, 0.1) is 5.75 Å². The van der Waals surface area contributed by atoms with Crippen LogP contribution in [0.25, 0.3) is 0 Å². The van der Waals surface area contributed by atoms with E-state index < -0.39 is 10.0 Å². The van der Waals surface area contributed by atoms with Gasteiger partial charge in [-0.05, 0) is 52.9 Å². The van der Waals surface area contributed by atoms with E-state index in [1.807, 2.05) is 14.1 Å². The molecule has 1 aliphatic rings. The van der Waals surface area contributed by atoms with E-state index in [4.69, 9.17) is 0 Å². The second kappa shape index (κ2) is 8.19. The Balaban J connectivity index is 2.28. The Kier molecular flexibility index (Phi) is 7.28. The predicted octanol–water partition coefficient (Wildman–Crippen LogP) is 0.732. The van der Waals surface area contributed by atoms with Crippen LogP contribution >= 0.6 is 0 Å². The van der Waals surface area contributed by atoms with Gasteiger partial charge in [0, 0.05) is 19.6 Å². The minimum absolute atomic E-state index is 0.267. The van der Waals surface area contributed by atoms with Crippen molar-refractivity contribution in [1.29, 1.82) is 0 Å². The van der Waals surface area contributed by atoms with Crippen LogP contribution in [0.15, 0.2) is 0 Å². The van der Waals surface area contributed by atoms with Crippen molar-refractivity contribution < 1.29 is 8.42 Å². The van der Waals surface area contributed by atoms with Crippen molar-refractivity contribution in [3.63, 3.8) is 0 Å². The van der Waals surface area contributed by atoms with Crippen LogP contribution in [0.1, 0.15) is 32.1 Å². The van der Waals surface area contributed by atoms with Gasteiger partial charge in [0.1, 0.15) is 0 Å². The number of hydrogen-bond acceptors (Lipinski definition) is 4. The zero-order valence-electron chi connectivity index (χ0n) is 12.6. The van der Waals surface area contributed by atoms with E-state index in [-0.39, 0.29) is 5.75 Å². The maximum atomic E-state index is 12.1. The van der Waals surface area contributed by atoms with Gasteiger partial charge in [-0.1, -0.05) is 6.42 Å². The van der Waals surface area contributed by atoms with Gasteiger partial charge in [-0.15, -0.1) is 0 Å². The largest absolute Gasteiger partial charge is 0.314 e. The normalized spacial score (nSPS) is 21.2. The zero-order valence-corrected chi connectivity index (χ0v) is 13.4. The lowest BCUT2D eigenvalue weighted by Crippen LogP contribution is -2.38. The Bertz CT molecular complexity index is 338. The van der Waals surface area contributed by atoms with Gasteiger partial charge in [0.2, 0.25) is 10.0 Å². The molecular formula is C13H29N3O2S. The molecule has 6 heteroatoms. The maximum absolute atomic E-state index is 12.1. The molecule has 1 N–H and O–H groups in total. The summed E-state index contributed by atoms with van der Waals surface area (Å²) in [7, 11) is 2.62. The summed E-state index contributed by atoms with van der Waals surface area (Å²) in [6.07, 6.45) is 5.16. The molecule has 1 heterocycles.